The highest BCUT2D eigenvalue weighted by molar-refractivity contribution is 5.36. The number of hydrogen-bond donors (Lipinski definition) is 1. The van der Waals surface area contributed by atoms with Crippen LogP contribution in [0.2, 0.25) is 0 Å². The molecular weight excluding hydrogens is 214 g/mol. The van der Waals surface area contributed by atoms with Gasteiger partial charge in [0.1, 0.15) is 17.3 Å². The summed E-state index contributed by atoms with van der Waals surface area (Å²) in [4.78, 5) is 0. The van der Waals surface area contributed by atoms with Gasteiger partial charge in [-0.2, -0.15) is 0 Å². The number of nitrogens with two attached hydrogens (primary N) is 1. The Hall–Kier alpha value is -1.74. The zero-order valence-corrected chi connectivity index (χ0v) is 10.4. The summed E-state index contributed by atoms with van der Waals surface area (Å²) in [5.74, 6) is 2.60. The van der Waals surface area contributed by atoms with Crippen LogP contribution in [0.3, 0.4) is 0 Å². The van der Waals surface area contributed by atoms with Crippen LogP contribution in [0.1, 0.15) is 28.7 Å². The van der Waals surface area contributed by atoms with E-state index in [1.807, 2.05) is 44.2 Å². The number of benzene rings is 1. The van der Waals surface area contributed by atoms with Gasteiger partial charge in [-0.3, -0.25) is 0 Å². The molecule has 0 spiro atoms. The molecule has 3 nitrogen and oxygen atoms in total. The molecule has 0 aliphatic rings. The third-order valence-electron chi connectivity index (χ3n) is 2.89. The maximum Gasteiger partial charge on any atom is 0.118 e. The van der Waals surface area contributed by atoms with Gasteiger partial charge in [-0.15, -0.1) is 0 Å². The number of aryl methyl sites for hydroxylation is 2. The fourth-order valence-electron chi connectivity index (χ4n) is 1.95. The Balaban J connectivity index is 2.30. The Morgan fingerprint density at radius 3 is 2.29 bits per heavy atom. The minimum Gasteiger partial charge on any atom is -0.497 e. The van der Waals surface area contributed by atoms with E-state index in [2.05, 4.69) is 0 Å². The summed E-state index contributed by atoms with van der Waals surface area (Å²) in [6.45, 7) is 3.86. The summed E-state index contributed by atoms with van der Waals surface area (Å²) in [5, 5.41) is 0. The molecule has 3 heteroatoms. The lowest BCUT2D eigenvalue weighted by Crippen LogP contribution is -2.11. The minimum atomic E-state index is -0.154. The lowest BCUT2D eigenvalue weighted by molar-refractivity contribution is 0.414. The molecule has 0 saturated heterocycles. The number of ether oxygens (including phenoxy) is 1. The molecule has 17 heavy (non-hydrogen) atoms. The standard InChI is InChI=1S/C14H17NO2/c1-9-8-13(10(2)17-9)14(15)11-4-6-12(16-3)7-5-11/h4-8,14H,15H2,1-3H3. The average molecular weight is 231 g/mol. The van der Waals surface area contributed by atoms with Gasteiger partial charge < -0.3 is 14.9 Å². The first kappa shape index (κ1) is 11.7. The minimum absolute atomic E-state index is 0.154. The zero-order chi connectivity index (χ0) is 12.4. The Morgan fingerprint density at radius 2 is 1.82 bits per heavy atom. The van der Waals surface area contributed by atoms with Crippen molar-refractivity contribution in [1.29, 1.82) is 0 Å². The second kappa shape index (κ2) is 4.63. The van der Waals surface area contributed by atoms with Crippen molar-refractivity contribution in [3.8, 4) is 5.75 Å². The molecule has 1 unspecified atom stereocenters. The maximum absolute atomic E-state index is 6.22. The second-order valence-corrected chi connectivity index (χ2v) is 4.12. The molecule has 1 aromatic heterocycles. The molecule has 0 saturated carbocycles. The van der Waals surface area contributed by atoms with Crippen LogP contribution in [-0.4, -0.2) is 7.11 Å². The van der Waals surface area contributed by atoms with Crippen LogP contribution < -0.4 is 10.5 Å². The molecule has 1 aromatic carbocycles. The van der Waals surface area contributed by atoms with Crippen LogP contribution in [0, 0.1) is 13.8 Å². The van der Waals surface area contributed by atoms with Crippen LogP contribution in [0.5, 0.6) is 5.75 Å². The topological polar surface area (TPSA) is 48.4 Å². The Morgan fingerprint density at radius 1 is 1.18 bits per heavy atom. The van der Waals surface area contributed by atoms with Gasteiger partial charge in [0.15, 0.2) is 0 Å². The normalized spacial score (nSPS) is 12.5. The molecule has 1 heterocycles. The Kier molecular flexibility index (Phi) is 3.20. The van der Waals surface area contributed by atoms with Crippen LogP contribution >= 0.6 is 0 Å². The van der Waals surface area contributed by atoms with Gasteiger partial charge in [-0.1, -0.05) is 12.1 Å². The van der Waals surface area contributed by atoms with Gasteiger partial charge in [-0.25, -0.2) is 0 Å². The average Bonchev–Trinajstić information content (AvgIpc) is 2.68. The lowest BCUT2D eigenvalue weighted by Gasteiger charge is -2.11. The highest BCUT2D eigenvalue weighted by atomic mass is 16.5. The largest absolute Gasteiger partial charge is 0.497 e. The van der Waals surface area contributed by atoms with Gasteiger partial charge in [0.25, 0.3) is 0 Å². The second-order valence-electron chi connectivity index (χ2n) is 4.12. The van der Waals surface area contributed by atoms with E-state index in [1.54, 1.807) is 7.11 Å². The molecule has 0 aliphatic carbocycles. The summed E-state index contributed by atoms with van der Waals surface area (Å²) in [7, 11) is 1.65. The molecule has 1 atom stereocenters. The van der Waals surface area contributed by atoms with Gasteiger partial charge in [0.2, 0.25) is 0 Å². The number of rotatable bonds is 3. The Labute approximate surface area is 101 Å². The first-order valence-electron chi connectivity index (χ1n) is 5.58. The van der Waals surface area contributed by atoms with Crippen LogP contribution in [0.25, 0.3) is 0 Å². The maximum atomic E-state index is 6.22. The SMILES string of the molecule is COc1ccc(C(N)c2cc(C)oc2C)cc1. The van der Waals surface area contributed by atoms with E-state index in [4.69, 9.17) is 14.9 Å². The van der Waals surface area contributed by atoms with E-state index >= 15 is 0 Å². The summed E-state index contributed by atoms with van der Waals surface area (Å²) in [6.07, 6.45) is 0. The molecule has 0 bridgehead atoms. The molecular formula is C14H17NO2. The molecule has 90 valence electrons. The van der Waals surface area contributed by atoms with E-state index < -0.39 is 0 Å². The summed E-state index contributed by atoms with van der Waals surface area (Å²) >= 11 is 0. The van der Waals surface area contributed by atoms with Crippen molar-refractivity contribution in [2.24, 2.45) is 5.73 Å². The van der Waals surface area contributed by atoms with E-state index in [0.29, 0.717) is 0 Å². The molecule has 0 fully saturated rings. The molecule has 0 aliphatic heterocycles. The van der Waals surface area contributed by atoms with Gasteiger partial charge in [-0.05, 0) is 37.6 Å². The van der Waals surface area contributed by atoms with Crippen molar-refractivity contribution >= 4 is 0 Å². The first-order valence-corrected chi connectivity index (χ1v) is 5.58. The van der Waals surface area contributed by atoms with Gasteiger partial charge >= 0.3 is 0 Å². The fourth-order valence-corrected chi connectivity index (χ4v) is 1.95. The molecule has 2 rings (SSSR count). The molecule has 0 radical (unpaired) electrons. The van der Waals surface area contributed by atoms with Gasteiger partial charge in [0, 0.05) is 5.56 Å². The number of methoxy groups -OCH3 is 1. The summed E-state index contributed by atoms with van der Waals surface area (Å²) < 4.78 is 10.6. The predicted molar refractivity (Wildman–Crippen MR) is 67.2 cm³/mol. The molecule has 2 N–H and O–H groups in total. The first-order chi connectivity index (χ1) is 8.11. The van der Waals surface area contributed by atoms with Crippen molar-refractivity contribution in [2.75, 3.05) is 7.11 Å². The van der Waals surface area contributed by atoms with Crippen molar-refractivity contribution in [3.63, 3.8) is 0 Å². The highest BCUT2D eigenvalue weighted by Gasteiger charge is 2.14. The van der Waals surface area contributed by atoms with E-state index in [0.717, 1.165) is 28.4 Å². The van der Waals surface area contributed by atoms with E-state index in [9.17, 15) is 0 Å². The van der Waals surface area contributed by atoms with Crippen molar-refractivity contribution in [1.82, 2.24) is 0 Å². The fraction of sp³-hybridized carbons (Fsp3) is 0.286. The number of furan rings is 1. The third kappa shape index (κ3) is 2.34. The quantitative estimate of drug-likeness (QED) is 0.883. The number of hydrogen-bond acceptors (Lipinski definition) is 3. The smallest absolute Gasteiger partial charge is 0.118 e. The van der Waals surface area contributed by atoms with Crippen molar-refractivity contribution in [3.05, 3.63) is 53.0 Å². The van der Waals surface area contributed by atoms with Crippen LogP contribution in [0.15, 0.2) is 34.7 Å². The van der Waals surface area contributed by atoms with Gasteiger partial charge in [0.05, 0.1) is 13.2 Å². The summed E-state index contributed by atoms with van der Waals surface area (Å²) in [6, 6.07) is 9.62. The zero-order valence-electron chi connectivity index (χ0n) is 10.4. The monoisotopic (exact) mass is 231 g/mol. The van der Waals surface area contributed by atoms with Crippen molar-refractivity contribution in [2.45, 2.75) is 19.9 Å². The lowest BCUT2D eigenvalue weighted by atomic mass is 10.00. The third-order valence-corrected chi connectivity index (χ3v) is 2.89. The highest BCUT2D eigenvalue weighted by Crippen LogP contribution is 2.26. The van der Waals surface area contributed by atoms with Crippen LogP contribution in [0.4, 0.5) is 0 Å². The van der Waals surface area contributed by atoms with Crippen molar-refractivity contribution < 1.29 is 9.15 Å². The molecule has 0 amide bonds. The Bertz CT molecular complexity index is 499. The van der Waals surface area contributed by atoms with E-state index in [1.165, 1.54) is 0 Å². The summed E-state index contributed by atoms with van der Waals surface area (Å²) in [5.41, 5.74) is 8.31. The van der Waals surface area contributed by atoms with E-state index in [-0.39, 0.29) is 6.04 Å². The molecule has 2 aromatic rings. The van der Waals surface area contributed by atoms with Crippen LogP contribution in [-0.2, 0) is 0 Å². The predicted octanol–water partition coefficient (Wildman–Crippen LogP) is 2.95.